The van der Waals surface area contributed by atoms with E-state index in [4.69, 9.17) is 11.6 Å². The molecule has 20 heavy (non-hydrogen) atoms. The lowest BCUT2D eigenvalue weighted by Gasteiger charge is -2.14. The minimum Gasteiger partial charge on any atom is -0.352 e. The SMILES string of the molecule is O=C(NCC1CCCC1Cl)c1ccc2ccccc2c1. The second-order valence-electron chi connectivity index (χ2n) is 5.48. The first-order chi connectivity index (χ1) is 9.74. The zero-order valence-corrected chi connectivity index (χ0v) is 12.1. The molecule has 0 radical (unpaired) electrons. The van der Waals surface area contributed by atoms with Gasteiger partial charge in [0, 0.05) is 17.5 Å². The van der Waals surface area contributed by atoms with Crippen LogP contribution in [0.15, 0.2) is 42.5 Å². The van der Waals surface area contributed by atoms with Gasteiger partial charge in [0.2, 0.25) is 0 Å². The molecule has 2 aromatic rings. The van der Waals surface area contributed by atoms with Crippen LogP contribution in [0.3, 0.4) is 0 Å². The number of nitrogens with one attached hydrogen (secondary N) is 1. The first kappa shape index (κ1) is 13.4. The Morgan fingerprint density at radius 1 is 1.15 bits per heavy atom. The third-order valence-electron chi connectivity index (χ3n) is 4.10. The summed E-state index contributed by atoms with van der Waals surface area (Å²) in [5.74, 6) is 0.410. The third-order valence-corrected chi connectivity index (χ3v) is 4.68. The van der Waals surface area contributed by atoms with Crippen LogP contribution in [0, 0.1) is 5.92 Å². The Morgan fingerprint density at radius 2 is 1.95 bits per heavy atom. The maximum atomic E-state index is 12.2. The predicted molar refractivity (Wildman–Crippen MR) is 83.3 cm³/mol. The average molecular weight is 288 g/mol. The highest BCUT2D eigenvalue weighted by atomic mass is 35.5. The fourth-order valence-electron chi connectivity index (χ4n) is 2.88. The van der Waals surface area contributed by atoms with Gasteiger partial charge in [-0.15, -0.1) is 11.6 Å². The Hall–Kier alpha value is -1.54. The Labute approximate surface area is 124 Å². The molecule has 2 aromatic carbocycles. The van der Waals surface area contributed by atoms with Crippen molar-refractivity contribution in [1.82, 2.24) is 5.32 Å². The number of amides is 1. The summed E-state index contributed by atoms with van der Waals surface area (Å²) in [7, 11) is 0. The van der Waals surface area contributed by atoms with E-state index in [-0.39, 0.29) is 11.3 Å². The molecule has 0 spiro atoms. The molecule has 0 aromatic heterocycles. The smallest absolute Gasteiger partial charge is 0.251 e. The molecule has 2 unspecified atom stereocenters. The molecule has 104 valence electrons. The first-order valence-corrected chi connectivity index (χ1v) is 7.59. The van der Waals surface area contributed by atoms with Crippen molar-refractivity contribution < 1.29 is 4.79 Å². The first-order valence-electron chi connectivity index (χ1n) is 7.15. The Bertz CT molecular complexity index is 625. The summed E-state index contributed by atoms with van der Waals surface area (Å²) in [5.41, 5.74) is 0.716. The van der Waals surface area contributed by atoms with Crippen LogP contribution in [0.4, 0.5) is 0 Å². The number of fused-ring (bicyclic) bond motifs is 1. The summed E-state index contributed by atoms with van der Waals surface area (Å²) >= 11 is 6.23. The van der Waals surface area contributed by atoms with Gasteiger partial charge in [-0.1, -0.05) is 36.8 Å². The number of hydrogen-bond donors (Lipinski definition) is 1. The van der Waals surface area contributed by atoms with E-state index in [1.54, 1.807) is 0 Å². The van der Waals surface area contributed by atoms with Crippen molar-refractivity contribution in [3.05, 3.63) is 48.0 Å². The molecule has 3 rings (SSSR count). The van der Waals surface area contributed by atoms with Gasteiger partial charge in [-0.05, 0) is 41.7 Å². The molecule has 1 amide bonds. The molecule has 1 saturated carbocycles. The molecule has 2 atom stereocenters. The van der Waals surface area contributed by atoms with E-state index in [1.165, 1.54) is 6.42 Å². The van der Waals surface area contributed by atoms with Crippen molar-refractivity contribution in [3.8, 4) is 0 Å². The van der Waals surface area contributed by atoms with E-state index < -0.39 is 0 Å². The van der Waals surface area contributed by atoms with E-state index in [0.717, 1.165) is 23.6 Å². The quantitative estimate of drug-likeness (QED) is 0.850. The van der Waals surface area contributed by atoms with Crippen molar-refractivity contribution in [2.45, 2.75) is 24.6 Å². The number of rotatable bonds is 3. The maximum absolute atomic E-state index is 12.2. The lowest BCUT2D eigenvalue weighted by Crippen LogP contribution is -2.31. The van der Waals surface area contributed by atoms with E-state index in [1.807, 2.05) is 42.5 Å². The fourth-order valence-corrected chi connectivity index (χ4v) is 3.25. The van der Waals surface area contributed by atoms with Crippen LogP contribution in [-0.2, 0) is 0 Å². The van der Waals surface area contributed by atoms with E-state index >= 15 is 0 Å². The van der Waals surface area contributed by atoms with Crippen molar-refractivity contribution >= 4 is 28.3 Å². The van der Waals surface area contributed by atoms with Gasteiger partial charge in [-0.25, -0.2) is 0 Å². The van der Waals surface area contributed by atoms with Crippen molar-refractivity contribution in [1.29, 1.82) is 0 Å². The summed E-state index contributed by atoms with van der Waals surface area (Å²) in [4.78, 5) is 12.2. The number of carbonyl (C=O) groups is 1. The molecule has 0 heterocycles. The molecule has 0 bridgehead atoms. The molecular formula is C17H18ClNO. The lowest BCUT2D eigenvalue weighted by molar-refractivity contribution is 0.0948. The maximum Gasteiger partial charge on any atom is 0.251 e. The zero-order chi connectivity index (χ0) is 13.9. The summed E-state index contributed by atoms with van der Waals surface area (Å²) < 4.78 is 0. The van der Waals surface area contributed by atoms with Crippen LogP contribution < -0.4 is 5.32 Å². The van der Waals surface area contributed by atoms with Gasteiger partial charge in [0.15, 0.2) is 0 Å². The Kier molecular flexibility index (Phi) is 3.93. The standard InChI is InChI=1S/C17H18ClNO/c18-16-7-3-6-15(16)11-19-17(20)14-9-8-12-4-1-2-5-13(12)10-14/h1-2,4-5,8-10,15-16H,3,6-7,11H2,(H,19,20). The van der Waals surface area contributed by atoms with Crippen LogP contribution in [-0.4, -0.2) is 17.8 Å². The van der Waals surface area contributed by atoms with E-state index in [2.05, 4.69) is 5.32 Å². The number of hydrogen-bond acceptors (Lipinski definition) is 1. The average Bonchev–Trinajstić information content (AvgIpc) is 2.89. The normalized spacial score (nSPS) is 22.1. The summed E-state index contributed by atoms with van der Waals surface area (Å²) in [6.45, 7) is 0.680. The van der Waals surface area contributed by atoms with Gasteiger partial charge in [0.05, 0.1) is 0 Å². The molecule has 1 aliphatic rings. The highest BCUT2D eigenvalue weighted by molar-refractivity contribution is 6.21. The van der Waals surface area contributed by atoms with Gasteiger partial charge in [-0.2, -0.15) is 0 Å². The minimum absolute atomic E-state index is 0.00785. The largest absolute Gasteiger partial charge is 0.352 e. The van der Waals surface area contributed by atoms with Crippen molar-refractivity contribution in [2.24, 2.45) is 5.92 Å². The van der Waals surface area contributed by atoms with Gasteiger partial charge >= 0.3 is 0 Å². The highest BCUT2D eigenvalue weighted by Crippen LogP contribution is 2.29. The number of halogens is 1. The minimum atomic E-state index is -0.00785. The van der Waals surface area contributed by atoms with Crippen LogP contribution >= 0.6 is 11.6 Å². The molecule has 0 saturated heterocycles. The topological polar surface area (TPSA) is 29.1 Å². The number of benzene rings is 2. The van der Waals surface area contributed by atoms with E-state index in [9.17, 15) is 4.79 Å². The number of alkyl halides is 1. The van der Waals surface area contributed by atoms with Crippen LogP contribution in [0.5, 0.6) is 0 Å². The second kappa shape index (κ2) is 5.84. The lowest BCUT2D eigenvalue weighted by atomic mass is 10.1. The molecule has 1 fully saturated rings. The van der Waals surface area contributed by atoms with Crippen LogP contribution in [0.1, 0.15) is 29.6 Å². The van der Waals surface area contributed by atoms with Crippen LogP contribution in [0.2, 0.25) is 0 Å². The second-order valence-corrected chi connectivity index (χ2v) is 6.04. The molecule has 3 heteroatoms. The van der Waals surface area contributed by atoms with Gasteiger partial charge < -0.3 is 5.32 Å². The Morgan fingerprint density at radius 3 is 2.70 bits per heavy atom. The van der Waals surface area contributed by atoms with Gasteiger partial charge in [0.25, 0.3) is 5.91 Å². The van der Waals surface area contributed by atoms with Crippen LogP contribution in [0.25, 0.3) is 10.8 Å². The summed E-state index contributed by atoms with van der Waals surface area (Å²) in [6.07, 6.45) is 3.36. The molecule has 2 nitrogen and oxygen atoms in total. The monoisotopic (exact) mass is 287 g/mol. The number of carbonyl (C=O) groups excluding carboxylic acids is 1. The summed E-state index contributed by atoms with van der Waals surface area (Å²) in [5, 5.41) is 5.47. The highest BCUT2D eigenvalue weighted by Gasteiger charge is 2.25. The van der Waals surface area contributed by atoms with Crippen molar-refractivity contribution in [3.63, 3.8) is 0 Å². The molecule has 0 aliphatic heterocycles. The van der Waals surface area contributed by atoms with E-state index in [0.29, 0.717) is 18.0 Å². The summed E-state index contributed by atoms with van der Waals surface area (Å²) in [6, 6.07) is 13.9. The molecular weight excluding hydrogens is 270 g/mol. The third kappa shape index (κ3) is 2.80. The van der Waals surface area contributed by atoms with Crippen molar-refractivity contribution in [2.75, 3.05) is 6.54 Å². The predicted octanol–water partition coefficient (Wildman–Crippen LogP) is 3.98. The molecule has 1 aliphatic carbocycles. The fraction of sp³-hybridized carbons (Fsp3) is 0.353. The van der Waals surface area contributed by atoms with Gasteiger partial charge in [-0.3, -0.25) is 4.79 Å². The Balaban J connectivity index is 1.69. The van der Waals surface area contributed by atoms with Gasteiger partial charge in [0.1, 0.15) is 0 Å². The zero-order valence-electron chi connectivity index (χ0n) is 11.3. The molecule has 1 N–H and O–H groups in total.